The maximum absolute atomic E-state index is 13.7. The molecule has 1 heterocycles. The van der Waals surface area contributed by atoms with Gasteiger partial charge in [0.2, 0.25) is 0 Å². The summed E-state index contributed by atoms with van der Waals surface area (Å²) in [7, 11) is 3.31. The average Bonchev–Trinajstić information content (AvgIpc) is 2.68. The Labute approximate surface area is 185 Å². The molecular formula is C20H34FIN4O2. The van der Waals surface area contributed by atoms with E-state index < -0.39 is 0 Å². The van der Waals surface area contributed by atoms with E-state index in [1.54, 1.807) is 20.3 Å². The highest BCUT2D eigenvalue weighted by molar-refractivity contribution is 14.0. The van der Waals surface area contributed by atoms with Gasteiger partial charge in [0, 0.05) is 52.0 Å². The van der Waals surface area contributed by atoms with Crippen molar-refractivity contribution in [3.63, 3.8) is 0 Å². The van der Waals surface area contributed by atoms with Crippen molar-refractivity contribution in [3.8, 4) is 0 Å². The molecule has 1 aromatic rings. The second-order valence-electron chi connectivity index (χ2n) is 6.81. The van der Waals surface area contributed by atoms with Gasteiger partial charge >= 0.3 is 0 Å². The van der Waals surface area contributed by atoms with Crippen LogP contribution in [-0.2, 0) is 22.6 Å². The van der Waals surface area contributed by atoms with Crippen LogP contribution in [0.4, 0.5) is 4.39 Å². The van der Waals surface area contributed by atoms with Gasteiger partial charge in [-0.25, -0.2) is 9.38 Å². The molecule has 1 aromatic carbocycles. The van der Waals surface area contributed by atoms with E-state index in [-0.39, 0.29) is 36.4 Å². The molecule has 2 N–H and O–H groups in total. The Bertz CT molecular complexity index is 596. The largest absolute Gasteiger partial charge is 0.383 e. The molecule has 0 saturated carbocycles. The number of likely N-dealkylation sites (tertiary alicyclic amines) is 1. The molecule has 0 atom stereocenters. The van der Waals surface area contributed by atoms with Gasteiger partial charge in [0.1, 0.15) is 5.82 Å². The lowest BCUT2D eigenvalue weighted by atomic mass is 10.1. The lowest BCUT2D eigenvalue weighted by Crippen LogP contribution is -2.49. The van der Waals surface area contributed by atoms with E-state index in [4.69, 9.17) is 9.47 Å². The van der Waals surface area contributed by atoms with E-state index in [1.807, 2.05) is 6.07 Å². The summed E-state index contributed by atoms with van der Waals surface area (Å²) >= 11 is 0. The van der Waals surface area contributed by atoms with E-state index in [0.717, 1.165) is 57.2 Å². The molecule has 160 valence electrons. The maximum atomic E-state index is 13.7. The van der Waals surface area contributed by atoms with Crippen molar-refractivity contribution in [1.29, 1.82) is 0 Å². The third kappa shape index (κ3) is 8.59. The van der Waals surface area contributed by atoms with Gasteiger partial charge in [-0.1, -0.05) is 6.07 Å². The normalized spacial score (nSPS) is 15.9. The Morgan fingerprint density at radius 2 is 2.00 bits per heavy atom. The number of rotatable bonds is 9. The molecular weight excluding hydrogens is 474 g/mol. The Morgan fingerprint density at radius 1 is 1.25 bits per heavy atom. The van der Waals surface area contributed by atoms with Gasteiger partial charge in [0.05, 0.1) is 19.8 Å². The number of hydrogen-bond donors (Lipinski definition) is 2. The smallest absolute Gasteiger partial charge is 0.191 e. The molecule has 1 saturated heterocycles. The summed E-state index contributed by atoms with van der Waals surface area (Å²) in [5, 5.41) is 6.84. The van der Waals surface area contributed by atoms with Crippen LogP contribution < -0.4 is 10.6 Å². The predicted molar refractivity (Wildman–Crippen MR) is 122 cm³/mol. The zero-order chi connectivity index (χ0) is 19.5. The van der Waals surface area contributed by atoms with Crippen molar-refractivity contribution in [1.82, 2.24) is 15.5 Å². The van der Waals surface area contributed by atoms with Gasteiger partial charge in [-0.05, 0) is 37.5 Å². The van der Waals surface area contributed by atoms with Crippen LogP contribution in [0.3, 0.4) is 0 Å². The second-order valence-corrected chi connectivity index (χ2v) is 6.81. The van der Waals surface area contributed by atoms with E-state index in [1.165, 1.54) is 6.07 Å². The highest BCUT2D eigenvalue weighted by atomic mass is 127. The number of piperidine rings is 1. The van der Waals surface area contributed by atoms with Gasteiger partial charge < -0.3 is 25.0 Å². The molecule has 0 radical (unpaired) electrons. The second kappa shape index (κ2) is 14.1. The SMILES string of the molecule is CCNC(=NCc1ccc(F)c(COC)c1)NC1CCN(CCOC)CC1.I. The zero-order valence-corrected chi connectivity index (χ0v) is 19.5. The van der Waals surface area contributed by atoms with Crippen LogP contribution >= 0.6 is 24.0 Å². The molecule has 8 heteroatoms. The van der Waals surface area contributed by atoms with Crippen LogP contribution in [0.1, 0.15) is 30.9 Å². The number of aliphatic imine (C=N–C) groups is 1. The van der Waals surface area contributed by atoms with Crippen LogP contribution in [0.25, 0.3) is 0 Å². The summed E-state index contributed by atoms with van der Waals surface area (Å²) in [6.45, 7) is 7.53. The molecule has 0 spiro atoms. The van der Waals surface area contributed by atoms with Crippen LogP contribution in [0.15, 0.2) is 23.2 Å². The first kappa shape index (κ1) is 25.1. The van der Waals surface area contributed by atoms with Crippen molar-refractivity contribution >= 4 is 29.9 Å². The number of methoxy groups -OCH3 is 2. The Morgan fingerprint density at radius 3 is 2.64 bits per heavy atom. The minimum atomic E-state index is -0.241. The minimum Gasteiger partial charge on any atom is -0.383 e. The van der Waals surface area contributed by atoms with Crippen LogP contribution in [0, 0.1) is 5.82 Å². The Balaban J connectivity index is 0.00000392. The monoisotopic (exact) mass is 508 g/mol. The summed E-state index contributed by atoms with van der Waals surface area (Å²) < 4.78 is 23.9. The number of ether oxygens (including phenoxy) is 2. The zero-order valence-electron chi connectivity index (χ0n) is 17.2. The topological polar surface area (TPSA) is 58.1 Å². The third-order valence-corrected chi connectivity index (χ3v) is 4.71. The summed E-state index contributed by atoms with van der Waals surface area (Å²) in [5.74, 6) is 0.570. The van der Waals surface area contributed by atoms with Crippen molar-refractivity contribution in [2.75, 3.05) is 47.0 Å². The van der Waals surface area contributed by atoms with Crippen molar-refractivity contribution in [2.45, 2.75) is 39.0 Å². The standard InChI is InChI=1S/C20H33FN4O2.HI/c1-4-22-20(24-18-7-9-25(10-8-18)11-12-26-2)23-14-16-5-6-19(21)17(13-16)15-27-3;/h5-6,13,18H,4,7-12,14-15H2,1-3H3,(H2,22,23,24);1H. The van der Waals surface area contributed by atoms with Gasteiger partial charge in [-0.2, -0.15) is 0 Å². The first-order chi connectivity index (χ1) is 13.2. The molecule has 0 aliphatic carbocycles. The lowest BCUT2D eigenvalue weighted by molar-refractivity contribution is 0.128. The molecule has 1 fully saturated rings. The first-order valence-electron chi connectivity index (χ1n) is 9.68. The summed E-state index contributed by atoms with van der Waals surface area (Å²) in [6.07, 6.45) is 2.17. The number of benzene rings is 1. The average molecular weight is 508 g/mol. The number of nitrogens with one attached hydrogen (secondary N) is 2. The van der Waals surface area contributed by atoms with Gasteiger partial charge in [0.15, 0.2) is 5.96 Å². The van der Waals surface area contributed by atoms with E-state index >= 15 is 0 Å². The molecule has 0 aromatic heterocycles. The third-order valence-electron chi connectivity index (χ3n) is 4.71. The van der Waals surface area contributed by atoms with Crippen molar-refractivity contribution < 1.29 is 13.9 Å². The van der Waals surface area contributed by atoms with E-state index in [9.17, 15) is 4.39 Å². The fourth-order valence-electron chi connectivity index (χ4n) is 3.20. The predicted octanol–water partition coefficient (Wildman–Crippen LogP) is 2.76. The molecule has 6 nitrogen and oxygen atoms in total. The summed E-state index contributed by atoms with van der Waals surface area (Å²) in [5.41, 5.74) is 1.53. The highest BCUT2D eigenvalue weighted by Crippen LogP contribution is 2.13. The number of nitrogens with zero attached hydrogens (tertiary/aromatic N) is 2. The number of guanidine groups is 1. The van der Waals surface area contributed by atoms with Crippen molar-refractivity contribution in [3.05, 3.63) is 35.1 Å². The Hall–Kier alpha value is -0.970. The van der Waals surface area contributed by atoms with Gasteiger partial charge in [0.25, 0.3) is 0 Å². The maximum Gasteiger partial charge on any atom is 0.191 e. The molecule has 0 bridgehead atoms. The molecule has 0 amide bonds. The molecule has 28 heavy (non-hydrogen) atoms. The van der Waals surface area contributed by atoms with Crippen LogP contribution in [-0.4, -0.2) is 63.9 Å². The summed E-state index contributed by atoms with van der Waals surface area (Å²) in [6, 6.07) is 5.49. The summed E-state index contributed by atoms with van der Waals surface area (Å²) in [4.78, 5) is 7.11. The lowest BCUT2D eigenvalue weighted by Gasteiger charge is -2.32. The fourth-order valence-corrected chi connectivity index (χ4v) is 3.20. The Kier molecular flexibility index (Phi) is 12.6. The van der Waals surface area contributed by atoms with Gasteiger partial charge in [-0.15, -0.1) is 24.0 Å². The highest BCUT2D eigenvalue weighted by Gasteiger charge is 2.19. The fraction of sp³-hybridized carbons (Fsp3) is 0.650. The molecule has 1 aliphatic rings. The number of hydrogen-bond acceptors (Lipinski definition) is 4. The minimum absolute atomic E-state index is 0. The van der Waals surface area contributed by atoms with E-state index in [0.29, 0.717) is 18.2 Å². The van der Waals surface area contributed by atoms with Crippen LogP contribution in [0.2, 0.25) is 0 Å². The molecule has 1 aliphatic heterocycles. The van der Waals surface area contributed by atoms with Gasteiger partial charge in [-0.3, -0.25) is 0 Å². The van der Waals surface area contributed by atoms with E-state index in [2.05, 4.69) is 27.4 Å². The quantitative estimate of drug-likeness (QED) is 0.305. The number of halogens is 2. The first-order valence-corrected chi connectivity index (χ1v) is 9.68. The molecule has 0 unspecified atom stereocenters. The van der Waals surface area contributed by atoms with Crippen molar-refractivity contribution in [2.24, 2.45) is 4.99 Å². The molecule has 2 rings (SSSR count). The van der Waals surface area contributed by atoms with Crippen LogP contribution in [0.5, 0.6) is 0 Å².